The molecule has 2 aliphatic heterocycles. The van der Waals surface area contributed by atoms with E-state index in [4.69, 9.17) is 20.2 Å². The summed E-state index contributed by atoms with van der Waals surface area (Å²) in [5, 5.41) is 4.32. The molecule has 2 aromatic carbocycles. The van der Waals surface area contributed by atoms with E-state index in [9.17, 15) is 13.2 Å². The molecule has 0 spiro atoms. The highest BCUT2D eigenvalue weighted by Crippen LogP contribution is 2.46. The minimum absolute atomic E-state index is 0.0110. The third-order valence-electron chi connectivity index (χ3n) is 9.24. The maximum Gasteiger partial charge on any atom is 0.329 e. The zero-order chi connectivity index (χ0) is 32.8. The second-order valence-corrected chi connectivity index (χ2v) is 14.1. The fourth-order valence-corrected chi connectivity index (χ4v) is 8.61. The van der Waals surface area contributed by atoms with E-state index < -0.39 is 16.0 Å². The van der Waals surface area contributed by atoms with E-state index in [1.165, 1.54) is 33.8 Å². The first kappa shape index (κ1) is 29.6. The van der Waals surface area contributed by atoms with E-state index in [1.54, 1.807) is 61.1 Å². The van der Waals surface area contributed by atoms with Crippen LogP contribution in [0.15, 0.2) is 76.7 Å². The number of hydrogen-bond acceptors (Lipinski definition) is 8. The highest BCUT2D eigenvalue weighted by molar-refractivity contribution is 7.90. The summed E-state index contributed by atoms with van der Waals surface area (Å²) in [4.78, 5) is 18.8. The molecule has 4 atom stereocenters. The van der Waals surface area contributed by atoms with Crippen LogP contribution in [0.25, 0.3) is 44.5 Å². The van der Waals surface area contributed by atoms with Gasteiger partial charge in [-0.25, -0.2) is 22.2 Å². The van der Waals surface area contributed by atoms with Gasteiger partial charge < -0.3 is 15.2 Å². The van der Waals surface area contributed by atoms with E-state index in [0.29, 0.717) is 46.1 Å². The van der Waals surface area contributed by atoms with Crippen LogP contribution in [0, 0.1) is 5.95 Å². The molecule has 47 heavy (non-hydrogen) atoms. The molecule has 1 fully saturated rings. The first-order chi connectivity index (χ1) is 22.5. The summed E-state index contributed by atoms with van der Waals surface area (Å²) in [6, 6.07) is 14.3. The molecule has 6 aromatic rings. The number of hydrogen-bond donors (Lipinski definition) is 1. The first-order valence-electron chi connectivity index (χ1n) is 15.3. The van der Waals surface area contributed by atoms with Gasteiger partial charge in [0, 0.05) is 37.9 Å². The third-order valence-corrected chi connectivity index (χ3v) is 10.9. The Morgan fingerprint density at radius 3 is 2.49 bits per heavy atom. The van der Waals surface area contributed by atoms with Crippen molar-refractivity contribution in [3.8, 4) is 28.1 Å². The van der Waals surface area contributed by atoms with Crippen molar-refractivity contribution in [2.45, 2.75) is 49.0 Å². The Labute approximate surface area is 268 Å². The molecule has 1 saturated carbocycles. The lowest BCUT2D eigenvalue weighted by molar-refractivity contribution is -0.0279. The summed E-state index contributed by atoms with van der Waals surface area (Å²) >= 11 is 0. The summed E-state index contributed by atoms with van der Waals surface area (Å²) in [5.41, 5.74) is 8.26. The lowest BCUT2D eigenvalue weighted by Gasteiger charge is -2.22. The molecule has 9 rings (SSSR count). The number of pyridine rings is 1. The van der Waals surface area contributed by atoms with Gasteiger partial charge in [-0.3, -0.25) is 13.8 Å². The monoisotopic (exact) mass is 657 g/mol. The van der Waals surface area contributed by atoms with E-state index in [-0.39, 0.29) is 58.4 Å². The Balaban J connectivity index is 1.59. The van der Waals surface area contributed by atoms with Crippen LogP contribution < -0.4 is 16.2 Å². The Hall–Kier alpha value is -4.79. The van der Waals surface area contributed by atoms with E-state index >= 15 is 4.39 Å². The predicted octanol–water partition coefficient (Wildman–Crippen LogP) is 3.96. The number of aromatic nitrogens is 6. The maximum absolute atomic E-state index is 15.8. The molecular formula is C33H32FN7O5S. The second kappa shape index (κ2) is 10.6. The van der Waals surface area contributed by atoms with Crippen LogP contribution >= 0.6 is 0 Å². The van der Waals surface area contributed by atoms with Gasteiger partial charge in [-0.15, -0.1) is 5.10 Å². The number of fused-ring (bicyclic) bond motifs is 5. The number of ether oxygens (including phenoxy) is 2. The number of imidazole rings is 1. The number of nitrogens with two attached hydrogens (primary N) is 1. The van der Waals surface area contributed by atoms with Crippen molar-refractivity contribution in [2.75, 3.05) is 6.61 Å². The van der Waals surface area contributed by atoms with Crippen molar-refractivity contribution < 1.29 is 22.3 Å². The van der Waals surface area contributed by atoms with Gasteiger partial charge in [-0.1, -0.05) is 30.3 Å². The van der Waals surface area contributed by atoms with Gasteiger partial charge in [0.15, 0.2) is 5.65 Å². The van der Waals surface area contributed by atoms with Gasteiger partial charge in [0.2, 0.25) is 5.95 Å². The number of rotatable bonds is 3. The number of aryl methyl sites for hydroxylation is 2. The lowest BCUT2D eigenvalue weighted by Crippen LogP contribution is -2.35. The number of halogens is 1. The summed E-state index contributed by atoms with van der Waals surface area (Å²) in [7, 11) is -1.16. The van der Waals surface area contributed by atoms with Crippen LogP contribution in [0.5, 0.6) is 5.75 Å². The van der Waals surface area contributed by atoms with Crippen molar-refractivity contribution in [2.24, 2.45) is 19.8 Å². The minimum atomic E-state index is -4.38. The standard InChI is InChI=1S/C33H32FN7O5S/c1-18-17-45-21-11-9-19(10-12-21)27-28-30-25(39(3)33(42)40(30)20-13-24(35)26(14-20)46-18)15-36-32(28)41(29(27)23-16-38(2)37-31(23)34)47(43,44)22-7-5-4-6-8-22/h4-12,15-16,18,20,24,26H,13-14,17,35H2,1-3H3/t18?,20-,24-,26-/m0/s1. The SMILES string of the molecule is CC1COc2ccc(cc2)-c2c(-c3cn(C)nc3F)n(S(=O)(=O)c3ccccc3)c3ncc4c(c23)n(c(=O)n4C)[C@@H]2C[C@H](O1)[C@@H](N)C2. The Morgan fingerprint density at radius 2 is 1.79 bits per heavy atom. The van der Waals surface area contributed by atoms with Gasteiger partial charge in [-0.2, -0.15) is 4.39 Å². The summed E-state index contributed by atoms with van der Waals surface area (Å²) in [6.45, 7) is 2.19. The fraction of sp³-hybridized carbons (Fsp3) is 0.303. The molecule has 12 nitrogen and oxygen atoms in total. The Bertz CT molecular complexity index is 2360. The van der Waals surface area contributed by atoms with E-state index in [1.807, 2.05) is 6.92 Å². The lowest BCUT2D eigenvalue weighted by atomic mass is 9.99. The topological polar surface area (TPSA) is 141 Å². The molecule has 3 aliphatic rings. The highest BCUT2D eigenvalue weighted by Gasteiger charge is 2.39. The molecule has 4 aromatic heterocycles. The van der Waals surface area contributed by atoms with Crippen molar-refractivity contribution in [3.05, 3.63) is 83.4 Å². The third kappa shape index (κ3) is 4.46. The zero-order valence-corrected chi connectivity index (χ0v) is 26.7. The van der Waals surface area contributed by atoms with Gasteiger partial charge in [0.1, 0.15) is 12.4 Å². The van der Waals surface area contributed by atoms with Gasteiger partial charge in [-0.05, 0) is 49.6 Å². The van der Waals surface area contributed by atoms with Crippen LogP contribution in [0.2, 0.25) is 0 Å². The average Bonchev–Trinajstić information content (AvgIpc) is 3.77. The molecule has 1 unspecified atom stereocenters. The van der Waals surface area contributed by atoms with Gasteiger partial charge in [0.05, 0.1) is 51.0 Å². The smallest absolute Gasteiger partial charge is 0.329 e. The molecule has 4 bridgehead atoms. The van der Waals surface area contributed by atoms with Crippen LogP contribution in [0.4, 0.5) is 4.39 Å². The normalized spacial score (nSPS) is 21.4. The molecule has 242 valence electrons. The molecule has 1 aliphatic carbocycles. The van der Waals surface area contributed by atoms with Crippen molar-refractivity contribution in [1.82, 2.24) is 27.9 Å². The highest BCUT2D eigenvalue weighted by atomic mass is 32.2. The first-order valence-corrected chi connectivity index (χ1v) is 16.8. The minimum Gasteiger partial charge on any atom is -0.491 e. The number of nitrogens with zero attached hydrogens (tertiary/aromatic N) is 6. The molecule has 6 heterocycles. The van der Waals surface area contributed by atoms with Crippen LogP contribution in [0.3, 0.4) is 0 Å². The maximum atomic E-state index is 15.8. The Kier molecular flexibility index (Phi) is 6.69. The molecule has 0 amide bonds. The van der Waals surface area contributed by atoms with E-state index in [0.717, 1.165) is 3.97 Å². The zero-order valence-electron chi connectivity index (χ0n) is 25.9. The molecule has 0 radical (unpaired) electrons. The molecule has 14 heteroatoms. The fourth-order valence-electron chi connectivity index (χ4n) is 7.10. The predicted molar refractivity (Wildman–Crippen MR) is 173 cm³/mol. The second-order valence-electron chi connectivity index (χ2n) is 12.3. The Morgan fingerprint density at radius 1 is 1.04 bits per heavy atom. The summed E-state index contributed by atoms with van der Waals surface area (Å²) in [6.07, 6.45) is 3.25. The van der Waals surface area contributed by atoms with E-state index in [2.05, 4.69) is 5.10 Å². The summed E-state index contributed by atoms with van der Waals surface area (Å²) < 4.78 is 63.1. The van der Waals surface area contributed by atoms with Crippen molar-refractivity contribution in [3.63, 3.8) is 0 Å². The largest absolute Gasteiger partial charge is 0.491 e. The molecule has 0 saturated heterocycles. The van der Waals surface area contributed by atoms with Gasteiger partial charge >= 0.3 is 5.69 Å². The quantitative estimate of drug-likeness (QED) is 0.302. The van der Waals surface area contributed by atoms with Gasteiger partial charge in [0.25, 0.3) is 10.0 Å². The average molecular weight is 658 g/mol. The van der Waals surface area contributed by atoms with Crippen molar-refractivity contribution >= 4 is 32.1 Å². The molecular weight excluding hydrogens is 625 g/mol. The van der Waals surface area contributed by atoms with Crippen molar-refractivity contribution in [1.29, 1.82) is 0 Å². The van der Waals surface area contributed by atoms with Crippen LogP contribution in [0.1, 0.15) is 25.8 Å². The van der Waals surface area contributed by atoms with Crippen LogP contribution in [-0.4, -0.2) is 61.1 Å². The summed E-state index contributed by atoms with van der Waals surface area (Å²) in [5.74, 6) is -0.285. The molecule has 2 N–H and O–H groups in total. The van der Waals surface area contributed by atoms with Crippen LogP contribution in [-0.2, 0) is 28.9 Å². The number of benzene rings is 2.